The predicted octanol–water partition coefficient (Wildman–Crippen LogP) is 5.16. The highest BCUT2D eigenvalue weighted by atomic mass is 16.5. The van der Waals surface area contributed by atoms with Crippen molar-refractivity contribution in [3.63, 3.8) is 0 Å². The maximum atomic E-state index is 12.6. The van der Waals surface area contributed by atoms with E-state index < -0.39 is 0 Å². The van der Waals surface area contributed by atoms with Crippen molar-refractivity contribution in [3.8, 4) is 28.4 Å². The van der Waals surface area contributed by atoms with Crippen molar-refractivity contribution in [2.45, 2.75) is 26.2 Å². The third-order valence-corrected chi connectivity index (χ3v) is 5.94. The molecular weight excluding hydrogens is 438 g/mol. The second-order valence-electron chi connectivity index (χ2n) is 8.44. The standard InChI is InChI=1S/C29H31N3O3/c1-21-9-12-23(13-10-21)29-24(20-32(31-29)25-7-5-4-6-8-25)14-16-28(33)30-18-17-22-11-15-26(34-2)27(19-22)35-3/h4-13,15,19-20H,14,16-18H2,1-3H3,(H,30,33). The first-order chi connectivity index (χ1) is 17.1. The van der Waals surface area contributed by atoms with Crippen molar-refractivity contribution in [2.75, 3.05) is 20.8 Å². The maximum absolute atomic E-state index is 12.6. The molecule has 0 aliphatic carbocycles. The van der Waals surface area contributed by atoms with Crippen LogP contribution in [0.5, 0.6) is 11.5 Å². The molecule has 3 aromatic carbocycles. The van der Waals surface area contributed by atoms with E-state index in [0.29, 0.717) is 37.3 Å². The third-order valence-electron chi connectivity index (χ3n) is 5.94. The van der Waals surface area contributed by atoms with Gasteiger partial charge in [0.25, 0.3) is 0 Å². The Bertz CT molecular complexity index is 1260. The van der Waals surface area contributed by atoms with Crippen molar-refractivity contribution in [1.29, 1.82) is 0 Å². The largest absolute Gasteiger partial charge is 0.493 e. The average Bonchev–Trinajstić information content (AvgIpc) is 3.32. The number of methoxy groups -OCH3 is 2. The van der Waals surface area contributed by atoms with Crippen molar-refractivity contribution < 1.29 is 14.3 Å². The van der Waals surface area contributed by atoms with Gasteiger partial charge in [0.1, 0.15) is 0 Å². The minimum Gasteiger partial charge on any atom is -0.493 e. The molecule has 0 bridgehead atoms. The number of hydrogen-bond acceptors (Lipinski definition) is 4. The van der Waals surface area contributed by atoms with Gasteiger partial charge in [0.15, 0.2) is 11.5 Å². The third kappa shape index (κ3) is 6.09. The van der Waals surface area contributed by atoms with Gasteiger partial charge in [-0.05, 0) is 55.2 Å². The fourth-order valence-corrected chi connectivity index (χ4v) is 3.98. The summed E-state index contributed by atoms with van der Waals surface area (Å²) in [5, 5.41) is 7.89. The molecule has 35 heavy (non-hydrogen) atoms. The van der Waals surface area contributed by atoms with Crippen LogP contribution in [0.2, 0.25) is 0 Å². The first-order valence-electron chi connectivity index (χ1n) is 11.8. The molecule has 0 saturated carbocycles. The highest BCUT2D eigenvalue weighted by molar-refractivity contribution is 5.76. The normalized spacial score (nSPS) is 10.7. The molecule has 180 valence electrons. The zero-order valence-corrected chi connectivity index (χ0v) is 20.5. The van der Waals surface area contributed by atoms with E-state index in [0.717, 1.165) is 28.1 Å². The lowest BCUT2D eigenvalue weighted by atomic mass is 10.0. The van der Waals surface area contributed by atoms with E-state index in [1.165, 1.54) is 5.56 Å². The topological polar surface area (TPSA) is 65.4 Å². The lowest BCUT2D eigenvalue weighted by Gasteiger charge is -2.10. The van der Waals surface area contributed by atoms with Gasteiger partial charge in [0.2, 0.25) is 5.91 Å². The molecule has 0 spiro atoms. The Morgan fingerprint density at radius 1 is 0.914 bits per heavy atom. The molecular formula is C29H31N3O3. The molecule has 1 amide bonds. The molecule has 0 aliphatic rings. The molecule has 0 radical (unpaired) electrons. The Morgan fingerprint density at radius 3 is 2.37 bits per heavy atom. The summed E-state index contributed by atoms with van der Waals surface area (Å²) in [5.41, 5.74) is 6.28. The van der Waals surface area contributed by atoms with Gasteiger partial charge in [-0.15, -0.1) is 0 Å². The second-order valence-corrected chi connectivity index (χ2v) is 8.44. The number of carbonyl (C=O) groups is 1. The number of nitrogens with one attached hydrogen (secondary N) is 1. The smallest absolute Gasteiger partial charge is 0.220 e. The fraction of sp³-hybridized carbons (Fsp3) is 0.241. The first-order valence-corrected chi connectivity index (χ1v) is 11.8. The Labute approximate surface area is 206 Å². The number of para-hydroxylation sites is 1. The van der Waals surface area contributed by atoms with E-state index in [4.69, 9.17) is 14.6 Å². The van der Waals surface area contributed by atoms with Gasteiger partial charge in [-0.1, -0.05) is 54.1 Å². The second kappa shape index (κ2) is 11.4. The van der Waals surface area contributed by atoms with Gasteiger partial charge >= 0.3 is 0 Å². The number of rotatable bonds is 10. The predicted molar refractivity (Wildman–Crippen MR) is 138 cm³/mol. The first kappa shape index (κ1) is 24.1. The van der Waals surface area contributed by atoms with Gasteiger partial charge in [-0.25, -0.2) is 4.68 Å². The van der Waals surface area contributed by atoms with Crippen LogP contribution in [-0.4, -0.2) is 36.5 Å². The van der Waals surface area contributed by atoms with E-state index in [2.05, 4.69) is 36.5 Å². The molecule has 1 heterocycles. The lowest BCUT2D eigenvalue weighted by Crippen LogP contribution is -2.25. The minimum atomic E-state index is 0.0211. The van der Waals surface area contributed by atoms with Gasteiger partial charge in [-0.2, -0.15) is 5.10 Å². The molecule has 0 unspecified atom stereocenters. The Morgan fingerprint density at radius 2 is 1.66 bits per heavy atom. The molecule has 1 aromatic heterocycles. The molecule has 6 heteroatoms. The SMILES string of the molecule is COc1ccc(CCNC(=O)CCc2cn(-c3ccccc3)nc2-c2ccc(C)cc2)cc1OC. The fourth-order valence-electron chi connectivity index (χ4n) is 3.98. The van der Waals surface area contributed by atoms with E-state index in [9.17, 15) is 4.79 Å². The van der Waals surface area contributed by atoms with Crippen LogP contribution in [0.25, 0.3) is 16.9 Å². The van der Waals surface area contributed by atoms with Crippen LogP contribution in [0.1, 0.15) is 23.1 Å². The molecule has 0 saturated heterocycles. The zero-order valence-electron chi connectivity index (χ0n) is 20.5. The Balaban J connectivity index is 1.40. The highest BCUT2D eigenvalue weighted by Gasteiger charge is 2.14. The number of amides is 1. The number of aromatic nitrogens is 2. The number of aryl methyl sites for hydroxylation is 2. The van der Waals surface area contributed by atoms with Crippen LogP contribution in [0.4, 0.5) is 0 Å². The highest BCUT2D eigenvalue weighted by Crippen LogP contribution is 2.28. The summed E-state index contributed by atoms with van der Waals surface area (Å²) < 4.78 is 12.5. The Hall–Kier alpha value is -4.06. The van der Waals surface area contributed by atoms with E-state index in [1.807, 2.05) is 59.4 Å². The maximum Gasteiger partial charge on any atom is 0.220 e. The van der Waals surface area contributed by atoms with Gasteiger partial charge in [-0.3, -0.25) is 4.79 Å². The summed E-state index contributed by atoms with van der Waals surface area (Å²) >= 11 is 0. The van der Waals surface area contributed by atoms with Crippen LogP contribution in [-0.2, 0) is 17.6 Å². The molecule has 0 aliphatic heterocycles. The van der Waals surface area contributed by atoms with E-state index in [1.54, 1.807) is 14.2 Å². The number of nitrogens with zero attached hydrogens (tertiary/aromatic N) is 2. The van der Waals surface area contributed by atoms with Crippen LogP contribution in [0.15, 0.2) is 79.0 Å². The summed E-state index contributed by atoms with van der Waals surface area (Å²) in [6.07, 6.45) is 3.75. The van der Waals surface area contributed by atoms with E-state index >= 15 is 0 Å². The van der Waals surface area contributed by atoms with Gasteiger partial charge in [0.05, 0.1) is 25.6 Å². The van der Waals surface area contributed by atoms with Gasteiger partial charge in [0, 0.05) is 24.7 Å². The molecule has 1 N–H and O–H groups in total. The van der Waals surface area contributed by atoms with Crippen molar-refractivity contribution in [3.05, 3.63) is 95.7 Å². The van der Waals surface area contributed by atoms with Crippen LogP contribution in [0, 0.1) is 6.92 Å². The number of carbonyl (C=O) groups excluding carboxylic acids is 1. The van der Waals surface area contributed by atoms with Crippen LogP contribution in [0.3, 0.4) is 0 Å². The summed E-state index contributed by atoms with van der Waals surface area (Å²) in [4.78, 5) is 12.6. The Kier molecular flexibility index (Phi) is 7.83. The number of benzene rings is 3. The quantitative estimate of drug-likeness (QED) is 0.349. The number of ether oxygens (including phenoxy) is 2. The van der Waals surface area contributed by atoms with Crippen molar-refractivity contribution >= 4 is 5.91 Å². The van der Waals surface area contributed by atoms with Crippen molar-refractivity contribution in [2.24, 2.45) is 0 Å². The van der Waals surface area contributed by atoms with Crippen LogP contribution >= 0.6 is 0 Å². The average molecular weight is 470 g/mol. The van der Waals surface area contributed by atoms with Crippen LogP contribution < -0.4 is 14.8 Å². The monoisotopic (exact) mass is 469 g/mol. The molecule has 4 aromatic rings. The summed E-state index contributed by atoms with van der Waals surface area (Å²) in [5.74, 6) is 1.41. The van der Waals surface area contributed by atoms with Gasteiger partial charge < -0.3 is 14.8 Å². The summed E-state index contributed by atoms with van der Waals surface area (Å²) in [6.45, 7) is 2.63. The van der Waals surface area contributed by atoms with E-state index in [-0.39, 0.29) is 5.91 Å². The summed E-state index contributed by atoms with van der Waals surface area (Å²) in [6, 6.07) is 24.2. The minimum absolute atomic E-state index is 0.0211. The molecule has 0 fully saturated rings. The lowest BCUT2D eigenvalue weighted by molar-refractivity contribution is -0.121. The van der Waals surface area contributed by atoms with Crippen molar-refractivity contribution in [1.82, 2.24) is 15.1 Å². The summed E-state index contributed by atoms with van der Waals surface area (Å²) in [7, 11) is 3.24. The zero-order chi connectivity index (χ0) is 24.6. The number of hydrogen-bond donors (Lipinski definition) is 1. The molecule has 6 nitrogen and oxygen atoms in total. The molecule has 4 rings (SSSR count). The molecule has 0 atom stereocenters.